The van der Waals surface area contributed by atoms with Crippen molar-refractivity contribution in [1.29, 1.82) is 0 Å². The Hall–Kier alpha value is -1.03. The Bertz CT molecular complexity index is 389. The van der Waals surface area contributed by atoms with Gasteiger partial charge in [0.05, 0.1) is 14.2 Å². The van der Waals surface area contributed by atoms with Gasteiger partial charge in [-0.1, -0.05) is 0 Å². The molecule has 0 radical (unpaired) electrons. The van der Waals surface area contributed by atoms with Gasteiger partial charge in [0.15, 0.2) is 11.5 Å². The fourth-order valence-electron chi connectivity index (χ4n) is 2.00. The SMILES string of the molecule is COc1cc(C)c(NC2CCSC2)cc1OC. The summed E-state index contributed by atoms with van der Waals surface area (Å²) in [5.41, 5.74) is 2.34. The Morgan fingerprint density at radius 2 is 1.94 bits per heavy atom. The fourth-order valence-corrected chi connectivity index (χ4v) is 3.16. The highest BCUT2D eigenvalue weighted by molar-refractivity contribution is 7.99. The van der Waals surface area contributed by atoms with Crippen molar-refractivity contribution in [3.63, 3.8) is 0 Å². The minimum Gasteiger partial charge on any atom is -0.493 e. The van der Waals surface area contributed by atoms with E-state index in [0.29, 0.717) is 6.04 Å². The molecule has 1 atom stereocenters. The average molecular weight is 253 g/mol. The van der Waals surface area contributed by atoms with Crippen LogP contribution in [0.3, 0.4) is 0 Å². The average Bonchev–Trinajstić information content (AvgIpc) is 2.84. The van der Waals surface area contributed by atoms with Crippen LogP contribution in [0.1, 0.15) is 12.0 Å². The number of hydrogen-bond donors (Lipinski definition) is 1. The van der Waals surface area contributed by atoms with Gasteiger partial charge in [0.2, 0.25) is 0 Å². The maximum atomic E-state index is 5.33. The van der Waals surface area contributed by atoms with Crippen LogP contribution in [0.15, 0.2) is 12.1 Å². The van der Waals surface area contributed by atoms with E-state index >= 15 is 0 Å². The van der Waals surface area contributed by atoms with Crippen LogP contribution < -0.4 is 14.8 Å². The Kier molecular flexibility index (Phi) is 4.05. The van der Waals surface area contributed by atoms with Crippen LogP contribution in [-0.2, 0) is 0 Å². The number of nitrogens with one attached hydrogen (secondary N) is 1. The molecule has 17 heavy (non-hydrogen) atoms. The zero-order valence-electron chi connectivity index (χ0n) is 10.6. The third-order valence-corrected chi connectivity index (χ3v) is 4.18. The zero-order chi connectivity index (χ0) is 12.3. The van der Waals surface area contributed by atoms with E-state index in [0.717, 1.165) is 17.2 Å². The third-order valence-electron chi connectivity index (χ3n) is 3.02. The lowest BCUT2D eigenvalue weighted by atomic mass is 10.1. The van der Waals surface area contributed by atoms with E-state index < -0.39 is 0 Å². The van der Waals surface area contributed by atoms with Gasteiger partial charge < -0.3 is 14.8 Å². The van der Waals surface area contributed by atoms with Crippen molar-refractivity contribution in [2.24, 2.45) is 0 Å². The predicted molar refractivity (Wildman–Crippen MR) is 73.6 cm³/mol. The van der Waals surface area contributed by atoms with Crippen molar-refractivity contribution in [1.82, 2.24) is 0 Å². The number of benzene rings is 1. The first-order valence-electron chi connectivity index (χ1n) is 5.81. The van der Waals surface area contributed by atoms with Gasteiger partial charge in [0, 0.05) is 23.5 Å². The topological polar surface area (TPSA) is 30.5 Å². The summed E-state index contributed by atoms with van der Waals surface area (Å²) in [6.07, 6.45) is 1.23. The van der Waals surface area contributed by atoms with Gasteiger partial charge in [-0.25, -0.2) is 0 Å². The molecular formula is C13H19NO2S. The molecule has 1 aliphatic heterocycles. The molecule has 0 amide bonds. The number of anilines is 1. The number of rotatable bonds is 4. The summed E-state index contributed by atoms with van der Waals surface area (Å²) in [4.78, 5) is 0. The van der Waals surface area contributed by atoms with Crippen molar-refractivity contribution >= 4 is 17.4 Å². The third kappa shape index (κ3) is 2.80. The number of methoxy groups -OCH3 is 2. The number of ether oxygens (including phenoxy) is 2. The quantitative estimate of drug-likeness (QED) is 0.893. The fraction of sp³-hybridized carbons (Fsp3) is 0.538. The molecule has 1 aromatic rings. The molecule has 0 saturated carbocycles. The molecule has 2 rings (SSSR count). The molecule has 1 saturated heterocycles. The van der Waals surface area contributed by atoms with E-state index in [1.54, 1.807) is 14.2 Å². The molecule has 1 aromatic carbocycles. The number of hydrogen-bond acceptors (Lipinski definition) is 4. The van der Waals surface area contributed by atoms with Crippen LogP contribution in [0.4, 0.5) is 5.69 Å². The van der Waals surface area contributed by atoms with Gasteiger partial charge in [-0.05, 0) is 30.7 Å². The van der Waals surface area contributed by atoms with Crippen LogP contribution in [-0.4, -0.2) is 31.8 Å². The zero-order valence-corrected chi connectivity index (χ0v) is 11.4. The van der Waals surface area contributed by atoms with E-state index in [-0.39, 0.29) is 0 Å². The minimum absolute atomic E-state index is 0.580. The predicted octanol–water partition coefficient (Wildman–Crippen LogP) is 2.93. The van der Waals surface area contributed by atoms with Gasteiger partial charge in [0.1, 0.15) is 0 Å². The summed E-state index contributed by atoms with van der Waals surface area (Å²) in [5, 5.41) is 3.58. The molecule has 4 heteroatoms. The molecule has 0 aromatic heterocycles. The van der Waals surface area contributed by atoms with Gasteiger partial charge >= 0.3 is 0 Å². The first-order valence-corrected chi connectivity index (χ1v) is 6.97. The molecule has 1 heterocycles. The first kappa shape index (κ1) is 12.4. The summed E-state index contributed by atoms with van der Waals surface area (Å²) in [6, 6.07) is 4.62. The van der Waals surface area contributed by atoms with Crippen LogP contribution in [0.5, 0.6) is 11.5 Å². The monoisotopic (exact) mass is 253 g/mol. The van der Waals surface area contributed by atoms with Crippen molar-refractivity contribution in [3.8, 4) is 11.5 Å². The second kappa shape index (κ2) is 5.54. The van der Waals surface area contributed by atoms with Crippen LogP contribution in [0.2, 0.25) is 0 Å². The van der Waals surface area contributed by atoms with Gasteiger partial charge in [-0.15, -0.1) is 0 Å². The lowest BCUT2D eigenvalue weighted by Crippen LogP contribution is -2.18. The smallest absolute Gasteiger partial charge is 0.162 e. The molecule has 1 fully saturated rings. The second-order valence-electron chi connectivity index (χ2n) is 4.23. The molecule has 1 aliphatic rings. The van der Waals surface area contributed by atoms with Crippen molar-refractivity contribution in [3.05, 3.63) is 17.7 Å². The van der Waals surface area contributed by atoms with Crippen LogP contribution in [0.25, 0.3) is 0 Å². The van der Waals surface area contributed by atoms with Gasteiger partial charge in [-0.3, -0.25) is 0 Å². The number of aryl methyl sites for hydroxylation is 1. The lowest BCUT2D eigenvalue weighted by molar-refractivity contribution is 0.355. The summed E-state index contributed by atoms with van der Waals surface area (Å²) in [6.45, 7) is 2.09. The van der Waals surface area contributed by atoms with Gasteiger partial charge in [0.25, 0.3) is 0 Å². The highest BCUT2D eigenvalue weighted by atomic mass is 32.2. The van der Waals surface area contributed by atoms with Crippen molar-refractivity contribution < 1.29 is 9.47 Å². The Morgan fingerprint density at radius 1 is 1.24 bits per heavy atom. The van der Waals surface area contributed by atoms with E-state index in [9.17, 15) is 0 Å². The highest BCUT2D eigenvalue weighted by Gasteiger charge is 2.17. The van der Waals surface area contributed by atoms with E-state index in [1.165, 1.54) is 23.5 Å². The summed E-state index contributed by atoms with van der Waals surface area (Å²) >= 11 is 2.01. The molecule has 3 nitrogen and oxygen atoms in total. The van der Waals surface area contributed by atoms with Crippen LogP contribution in [0, 0.1) is 6.92 Å². The molecular weight excluding hydrogens is 234 g/mol. The Balaban J connectivity index is 2.20. The van der Waals surface area contributed by atoms with E-state index in [2.05, 4.69) is 12.2 Å². The normalized spacial score (nSPS) is 19.1. The molecule has 1 unspecified atom stereocenters. The van der Waals surface area contributed by atoms with Crippen LogP contribution >= 0.6 is 11.8 Å². The molecule has 94 valence electrons. The molecule has 0 bridgehead atoms. The minimum atomic E-state index is 0.580. The maximum absolute atomic E-state index is 5.33. The van der Waals surface area contributed by atoms with Crippen molar-refractivity contribution in [2.75, 3.05) is 31.0 Å². The Morgan fingerprint density at radius 3 is 2.53 bits per heavy atom. The second-order valence-corrected chi connectivity index (χ2v) is 5.38. The maximum Gasteiger partial charge on any atom is 0.162 e. The summed E-state index contributed by atoms with van der Waals surface area (Å²) < 4.78 is 10.6. The van der Waals surface area contributed by atoms with Crippen molar-refractivity contribution in [2.45, 2.75) is 19.4 Å². The first-order chi connectivity index (χ1) is 8.24. The van der Waals surface area contributed by atoms with Gasteiger partial charge in [-0.2, -0.15) is 11.8 Å². The van der Waals surface area contributed by atoms with E-state index in [4.69, 9.17) is 9.47 Å². The van der Waals surface area contributed by atoms with E-state index in [1.807, 2.05) is 23.9 Å². The molecule has 0 aliphatic carbocycles. The Labute approximate surface area is 107 Å². The lowest BCUT2D eigenvalue weighted by Gasteiger charge is -2.17. The largest absolute Gasteiger partial charge is 0.493 e. The molecule has 0 spiro atoms. The summed E-state index contributed by atoms with van der Waals surface area (Å²) in [7, 11) is 3.33. The summed E-state index contributed by atoms with van der Waals surface area (Å²) in [5.74, 6) is 4.01. The highest BCUT2D eigenvalue weighted by Crippen LogP contribution is 2.34. The standard InChI is InChI=1S/C13H19NO2S/c1-9-6-12(15-2)13(16-3)7-11(9)14-10-4-5-17-8-10/h6-7,10,14H,4-5,8H2,1-3H3. The molecule has 1 N–H and O–H groups in total. The number of thioether (sulfide) groups is 1.